The number of hydrogen-bond acceptors (Lipinski definition) is 2. The van der Waals surface area contributed by atoms with E-state index in [-0.39, 0.29) is 11.9 Å². The molecule has 2 aromatic rings. The Kier molecular flexibility index (Phi) is 3.38. The minimum absolute atomic E-state index is 0.136. The molecule has 0 saturated heterocycles. The van der Waals surface area contributed by atoms with Crippen molar-refractivity contribution >= 4 is 5.97 Å². The molecule has 2 aromatic carbocycles. The van der Waals surface area contributed by atoms with Gasteiger partial charge in [0.05, 0.1) is 0 Å². The SMILES string of the molecule is C/C=C\C(=O)OCC1c2ccccc2-c2ccccc21. The Bertz CT molecular complexity index is 625. The molecule has 3 rings (SSSR count). The predicted molar refractivity (Wildman–Crippen MR) is 79.5 cm³/mol. The molecule has 100 valence electrons. The molecule has 0 bridgehead atoms. The van der Waals surface area contributed by atoms with Gasteiger partial charge in [-0.3, -0.25) is 0 Å². The van der Waals surface area contributed by atoms with Crippen LogP contribution in [-0.2, 0) is 9.53 Å². The summed E-state index contributed by atoms with van der Waals surface area (Å²) in [5.74, 6) is -0.147. The molecule has 0 aromatic heterocycles. The van der Waals surface area contributed by atoms with E-state index in [9.17, 15) is 4.79 Å². The van der Waals surface area contributed by atoms with Crippen LogP contribution in [0.3, 0.4) is 0 Å². The van der Waals surface area contributed by atoms with Crippen molar-refractivity contribution in [3.63, 3.8) is 0 Å². The van der Waals surface area contributed by atoms with Gasteiger partial charge in [0.15, 0.2) is 0 Å². The zero-order valence-corrected chi connectivity index (χ0v) is 11.4. The summed E-state index contributed by atoms with van der Waals surface area (Å²) in [7, 11) is 0. The third-order valence-electron chi connectivity index (χ3n) is 3.66. The van der Waals surface area contributed by atoms with Gasteiger partial charge in [0.25, 0.3) is 0 Å². The molecular formula is C18H16O2. The summed E-state index contributed by atoms with van der Waals surface area (Å²) < 4.78 is 5.35. The van der Waals surface area contributed by atoms with E-state index in [0.717, 1.165) is 0 Å². The Balaban J connectivity index is 1.93. The molecule has 1 aliphatic carbocycles. The van der Waals surface area contributed by atoms with Crippen molar-refractivity contribution in [1.82, 2.24) is 0 Å². The fraction of sp³-hybridized carbons (Fsp3) is 0.167. The molecule has 0 atom stereocenters. The van der Waals surface area contributed by atoms with Gasteiger partial charge in [-0.05, 0) is 29.2 Å². The number of rotatable bonds is 3. The minimum atomic E-state index is -0.283. The predicted octanol–water partition coefficient (Wildman–Crippen LogP) is 3.92. The van der Waals surface area contributed by atoms with Crippen molar-refractivity contribution in [2.45, 2.75) is 12.8 Å². The summed E-state index contributed by atoms with van der Waals surface area (Å²) in [6.07, 6.45) is 3.14. The van der Waals surface area contributed by atoms with Gasteiger partial charge in [-0.1, -0.05) is 54.6 Å². The van der Waals surface area contributed by atoms with Crippen LogP contribution >= 0.6 is 0 Å². The lowest BCUT2D eigenvalue weighted by molar-refractivity contribution is -0.138. The maximum absolute atomic E-state index is 11.5. The van der Waals surface area contributed by atoms with Gasteiger partial charge in [0.1, 0.15) is 6.61 Å². The van der Waals surface area contributed by atoms with E-state index in [1.807, 2.05) is 24.3 Å². The maximum Gasteiger partial charge on any atom is 0.330 e. The largest absolute Gasteiger partial charge is 0.462 e. The molecular weight excluding hydrogens is 248 g/mol. The van der Waals surface area contributed by atoms with Gasteiger partial charge < -0.3 is 4.74 Å². The van der Waals surface area contributed by atoms with Crippen LogP contribution < -0.4 is 0 Å². The minimum Gasteiger partial charge on any atom is -0.462 e. The highest BCUT2D eigenvalue weighted by Gasteiger charge is 2.28. The van der Waals surface area contributed by atoms with Gasteiger partial charge in [-0.15, -0.1) is 0 Å². The zero-order chi connectivity index (χ0) is 13.9. The van der Waals surface area contributed by atoms with Crippen LogP contribution in [0.4, 0.5) is 0 Å². The average Bonchev–Trinajstić information content (AvgIpc) is 2.80. The van der Waals surface area contributed by atoms with Crippen molar-refractivity contribution in [2.24, 2.45) is 0 Å². The first-order valence-corrected chi connectivity index (χ1v) is 6.79. The van der Waals surface area contributed by atoms with Crippen molar-refractivity contribution in [2.75, 3.05) is 6.61 Å². The number of carbonyl (C=O) groups excluding carboxylic acids is 1. The number of fused-ring (bicyclic) bond motifs is 3. The fourth-order valence-corrected chi connectivity index (χ4v) is 2.79. The molecule has 0 N–H and O–H groups in total. The molecule has 0 unspecified atom stereocenters. The molecule has 0 radical (unpaired) electrons. The normalized spacial score (nSPS) is 13.2. The zero-order valence-electron chi connectivity index (χ0n) is 11.4. The maximum atomic E-state index is 11.5. The molecule has 0 aliphatic heterocycles. The number of allylic oxidation sites excluding steroid dienone is 1. The van der Waals surface area contributed by atoms with Crippen molar-refractivity contribution < 1.29 is 9.53 Å². The topological polar surface area (TPSA) is 26.3 Å². The second-order valence-electron chi connectivity index (χ2n) is 4.86. The Morgan fingerprint density at radius 1 is 1.05 bits per heavy atom. The molecule has 2 heteroatoms. The summed E-state index contributed by atoms with van der Waals surface area (Å²) >= 11 is 0. The molecule has 0 amide bonds. The van der Waals surface area contributed by atoms with E-state index in [1.54, 1.807) is 13.0 Å². The Morgan fingerprint density at radius 2 is 1.60 bits per heavy atom. The van der Waals surface area contributed by atoms with E-state index < -0.39 is 0 Å². The van der Waals surface area contributed by atoms with E-state index in [2.05, 4.69) is 24.3 Å². The molecule has 0 heterocycles. The van der Waals surface area contributed by atoms with Crippen LogP contribution in [0.25, 0.3) is 11.1 Å². The van der Waals surface area contributed by atoms with Crippen LogP contribution in [0.2, 0.25) is 0 Å². The summed E-state index contributed by atoms with van der Waals surface area (Å²) in [6, 6.07) is 16.6. The Morgan fingerprint density at radius 3 is 2.15 bits per heavy atom. The fourth-order valence-electron chi connectivity index (χ4n) is 2.79. The first-order chi connectivity index (χ1) is 9.81. The van der Waals surface area contributed by atoms with Crippen LogP contribution in [-0.4, -0.2) is 12.6 Å². The molecule has 0 saturated carbocycles. The van der Waals surface area contributed by atoms with Crippen molar-refractivity contribution in [3.8, 4) is 11.1 Å². The van der Waals surface area contributed by atoms with E-state index in [0.29, 0.717) is 6.61 Å². The molecule has 0 fully saturated rings. The van der Waals surface area contributed by atoms with Gasteiger partial charge in [-0.25, -0.2) is 4.79 Å². The van der Waals surface area contributed by atoms with E-state index in [4.69, 9.17) is 4.74 Å². The lowest BCUT2D eigenvalue weighted by Gasteiger charge is -2.13. The molecule has 20 heavy (non-hydrogen) atoms. The average molecular weight is 264 g/mol. The second-order valence-corrected chi connectivity index (χ2v) is 4.86. The standard InChI is InChI=1S/C18H16O2/c1-2-7-18(19)20-12-17-15-10-5-3-8-13(15)14-9-4-6-11-16(14)17/h2-11,17H,12H2,1H3/b7-2-. The highest BCUT2D eigenvalue weighted by molar-refractivity contribution is 5.82. The van der Waals surface area contributed by atoms with E-state index in [1.165, 1.54) is 28.3 Å². The summed E-state index contributed by atoms with van der Waals surface area (Å²) in [5.41, 5.74) is 4.97. The van der Waals surface area contributed by atoms with Crippen LogP contribution in [0, 0.1) is 0 Å². The monoisotopic (exact) mass is 264 g/mol. The molecule has 2 nitrogen and oxygen atoms in total. The summed E-state index contributed by atoms with van der Waals surface area (Å²) in [5, 5.41) is 0. The number of carbonyl (C=O) groups is 1. The first kappa shape index (κ1) is 12.7. The number of hydrogen-bond donors (Lipinski definition) is 0. The van der Waals surface area contributed by atoms with Gasteiger partial charge in [-0.2, -0.15) is 0 Å². The van der Waals surface area contributed by atoms with E-state index >= 15 is 0 Å². The van der Waals surface area contributed by atoms with Crippen molar-refractivity contribution in [1.29, 1.82) is 0 Å². The lowest BCUT2D eigenvalue weighted by atomic mass is 9.98. The lowest BCUT2D eigenvalue weighted by Crippen LogP contribution is -2.10. The van der Waals surface area contributed by atoms with Gasteiger partial charge in [0, 0.05) is 12.0 Å². The second kappa shape index (κ2) is 5.33. The number of esters is 1. The first-order valence-electron chi connectivity index (χ1n) is 6.79. The van der Waals surface area contributed by atoms with Crippen LogP contribution in [0.1, 0.15) is 24.0 Å². The van der Waals surface area contributed by atoms with Crippen LogP contribution in [0.15, 0.2) is 60.7 Å². The van der Waals surface area contributed by atoms with Gasteiger partial charge in [0.2, 0.25) is 0 Å². The highest BCUT2D eigenvalue weighted by atomic mass is 16.5. The smallest absolute Gasteiger partial charge is 0.330 e. The third-order valence-corrected chi connectivity index (χ3v) is 3.66. The molecule has 0 spiro atoms. The highest BCUT2D eigenvalue weighted by Crippen LogP contribution is 2.44. The van der Waals surface area contributed by atoms with Crippen LogP contribution in [0.5, 0.6) is 0 Å². The number of ether oxygens (including phenoxy) is 1. The summed E-state index contributed by atoms with van der Waals surface area (Å²) in [6.45, 7) is 2.19. The molecule has 1 aliphatic rings. The third kappa shape index (κ3) is 2.14. The van der Waals surface area contributed by atoms with Gasteiger partial charge >= 0.3 is 5.97 Å². The quantitative estimate of drug-likeness (QED) is 0.620. The summed E-state index contributed by atoms with van der Waals surface area (Å²) in [4.78, 5) is 11.5. The Hall–Kier alpha value is -2.35. The van der Waals surface area contributed by atoms with Crippen molar-refractivity contribution in [3.05, 3.63) is 71.8 Å². The number of benzene rings is 2. The Labute approximate surface area is 118 Å².